The predicted octanol–water partition coefficient (Wildman–Crippen LogP) is 0.790. The fourth-order valence-electron chi connectivity index (χ4n) is 1.42. The van der Waals surface area contributed by atoms with Gasteiger partial charge in [-0.15, -0.1) is 0 Å². The average molecular weight is 328 g/mol. The van der Waals surface area contributed by atoms with Gasteiger partial charge in [0.15, 0.2) is 0 Å². The maximum absolute atomic E-state index is 11.8. The van der Waals surface area contributed by atoms with Gasteiger partial charge in [-0.1, -0.05) is 46.2 Å². The molecule has 0 aliphatic heterocycles. The van der Waals surface area contributed by atoms with E-state index in [1.807, 2.05) is 0 Å². The molecule has 2 N–H and O–H groups in total. The summed E-state index contributed by atoms with van der Waals surface area (Å²) in [6.45, 7) is 0. The number of benzene rings is 2. The molecule has 0 unspecified atom stereocenters. The third-order valence-electron chi connectivity index (χ3n) is 2.41. The Kier molecular flexibility index (Phi) is 4.70. The lowest BCUT2D eigenvalue weighted by Gasteiger charge is -2.08. The first-order valence-corrected chi connectivity index (χ1v) is 8.68. The quantitative estimate of drug-likeness (QED) is 0.763. The predicted molar refractivity (Wildman–Crippen MR) is 74.6 cm³/mol. The van der Waals surface area contributed by atoms with E-state index in [1.54, 1.807) is 21.9 Å². The molecule has 0 radical (unpaired) electrons. The van der Waals surface area contributed by atoms with Gasteiger partial charge in [-0.3, -0.25) is 0 Å². The molecule has 0 heterocycles. The molecule has 0 aliphatic rings. The second kappa shape index (κ2) is 6.33. The van der Waals surface area contributed by atoms with Crippen molar-refractivity contribution < 1.29 is 21.8 Å². The fraction of sp³-hybridized carbons (Fsp3) is 0. The first-order chi connectivity index (χ1) is 9.92. The molecule has 0 amide bonds. The van der Waals surface area contributed by atoms with Crippen molar-refractivity contribution in [2.24, 2.45) is 0 Å². The molecule has 9 heteroatoms. The summed E-state index contributed by atoms with van der Waals surface area (Å²) >= 11 is 0. The fourth-order valence-corrected chi connectivity index (χ4v) is 3.00. The summed E-state index contributed by atoms with van der Waals surface area (Å²) in [5.74, 6) is 0. The van der Waals surface area contributed by atoms with Crippen molar-refractivity contribution >= 4 is 20.0 Å². The normalized spacial score (nSPS) is 12.2. The van der Waals surface area contributed by atoms with Gasteiger partial charge in [-0.05, 0) is 24.3 Å². The zero-order valence-corrected chi connectivity index (χ0v) is 12.3. The third-order valence-corrected chi connectivity index (χ3v) is 4.80. The molecule has 21 heavy (non-hydrogen) atoms. The number of hydrogen-bond donors (Lipinski definition) is 2. The Hall–Kier alpha value is -1.78. The van der Waals surface area contributed by atoms with Gasteiger partial charge in [-0.2, -0.15) is 4.94 Å². The SMILES string of the molecule is O=S(=O)(NONS(=O)(=O)c1ccccc1)c1ccccc1. The highest BCUT2D eigenvalue weighted by Crippen LogP contribution is 2.08. The molecule has 0 bridgehead atoms. The lowest BCUT2D eigenvalue weighted by Crippen LogP contribution is -2.34. The largest absolute Gasteiger partial charge is 0.264 e. The monoisotopic (exact) mass is 328 g/mol. The minimum Gasteiger partial charge on any atom is -0.205 e. The lowest BCUT2D eigenvalue weighted by atomic mass is 10.4. The van der Waals surface area contributed by atoms with Gasteiger partial charge in [0.1, 0.15) is 0 Å². The summed E-state index contributed by atoms with van der Waals surface area (Å²) in [4.78, 5) is 7.66. The maximum atomic E-state index is 11.8. The summed E-state index contributed by atoms with van der Waals surface area (Å²) in [5, 5.41) is 0. The van der Waals surface area contributed by atoms with Gasteiger partial charge in [0.2, 0.25) is 0 Å². The van der Waals surface area contributed by atoms with Crippen LogP contribution in [0.15, 0.2) is 70.5 Å². The van der Waals surface area contributed by atoms with E-state index in [1.165, 1.54) is 48.5 Å². The van der Waals surface area contributed by atoms with Gasteiger partial charge >= 0.3 is 0 Å². The minimum atomic E-state index is -3.96. The molecule has 0 aliphatic carbocycles. The van der Waals surface area contributed by atoms with Gasteiger partial charge < -0.3 is 0 Å². The number of rotatable bonds is 6. The Bertz CT molecular complexity index is 721. The highest BCUT2D eigenvalue weighted by atomic mass is 32.2. The van der Waals surface area contributed by atoms with Crippen LogP contribution in [0.2, 0.25) is 0 Å². The Labute approximate surface area is 122 Å². The topological polar surface area (TPSA) is 102 Å². The lowest BCUT2D eigenvalue weighted by molar-refractivity contribution is 0.0533. The van der Waals surface area contributed by atoms with Crippen molar-refractivity contribution in [1.82, 2.24) is 9.77 Å². The van der Waals surface area contributed by atoms with Crippen LogP contribution < -0.4 is 9.77 Å². The van der Waals surface area contributed by atoms with Crippen molar-refractivity contribution in [2.75, 3.05) is 0 Å². The molecule has 2 rings (SSSR count). The zero-order chi connectivity index (χ0) is 15.3. The van der Waals surface area contributed by atoms with E-state index in [9.17, 15) is 16.8 Å². The molecule has 0 aromatic heterocycles. The van der Waals surface area contributed by atoms with Gasteiger partial charge in [0.05, 0.1) is 9.79 Å². The second-order valence-electron chi connectivity index (χ2n) is 3.90. The van der Waals surface area contributed by atoms with Crippen molar-refractivity contribution in [1.29, 1.82) is 0 Å². The van der Waals surface area contributed by atoms with Crippen LogP contribution in [0, 0.1) is 0 Å². The Morgan fingerprint density at radius 1 is 0.619 bits per heavy atom. The van der Waals surface area contributed by atoms with Crippen molar-refractivity contribution in [3.05, 3.63) is 60.7 Å². The summed E-state index contributed by atoms with van der Waals surface area (Å²) in [6.07, 6.45) is 0. The second-order valence-corrected chi connectivity index (χ2v) is 7.19. The molecule has 0 saturated heterocycles. The highest BCUT2D eigenvalue weighted by molar-refractivity contribution is 7.90. The highest BCUT2D eigenvalue weighted by Gasteiger charge is 2.17. The molecule has 0 atom stereocenters. The molecule has 112 valence electrons. The van der Waals surface area contributed by atoms with Crippen LogP contribution >= 0.6 is 0 Å². The minimum absolute atomic E-state index is 0.0519. The van der Waals surface area contributed by atoms with Gasteiger partial charge in [-0.25, -0.2) is 16.8 Å². The molecule has 7 nitrogen and oxygen atoms in total. The van der Waals surface area contributed by atoms with Crippen LogP contribution in [0.4, 0.5) is 0 Å². The van der Waals surface area contributed by atoms with Crippen molar-refractivity contribution in [3.8, 4) is 0 Å². The Morgan fingerprint density at radius 3 is 1.29 bits per heavy atom. The van der Waals surface area contributed by atoms with Crippen LogP contribution in [0.5, 0.6) is 0 Å². The van der Waals surface area contributed by atoms with E-state index in [0.29, 0.717) is 0 Å². The summed E-state index contributed by atoms with van der Waals surface area (Å²) < 4.78 is 47.1. The van der Waals surface area contributed by atoms with Gasteiger partial charge in [0.25, 0.3) is 20.0 Å². The van der Waals surface area contributed by atoms with Crippen molar-refractivity contribution in [2.45, 2.75) is 9.79 Å². The molecular weight excluding hydrogens is 316 g/mol. The third kappa shape index (κ3) is 4.09. The number of hydrogen-bond acceptors (Lipinski definition) is 5. The summed E-state index contributed by atoms with van der Waals surface area (Å²) in [6, 6.07) is 14.8. The van der Waals surface area contributed by atoms with Crippen LogP contribution in [-0.4, -0.2) is 16.8 Å². The van der Waals surface area contributed by atoms with Crippen molar-refractivity contribution in [3.63, 3.8) is 0 Å². The molecule has 0 spiro atoms. The number of nitrogens with one attached hydrogen (secondary N) is 2. The molecule has 2 aromatic rings. The first-order valence-electron chi connectivity index (χ1n) is 5.71. The summed E-state index contributed by atoms with van der Waals surface area (Å²) in [7, 11) is -7.93. The Balaban J connectivity index is 2.02. The molecule has 0 fully saturated rings. The van der Waals surface area contributed by atoms with E-state index < -0.39 is 20.0 Å². The Morgan fingerprint density at radius 2 is 0.952 bits per heavy atom. The standard InChI is InChI=1S/C12H12N2O5S2/c15-20(16,11-7-3-1-4-8-11)13-19-14-21(17,18)12-9-5-2-6-10-12/h1-10,13-14H. The molecular formula is C12H12N2O5S2. The van der Waals surface area contributed by atoms with Crippen LogP contribution in [0.1, 0.15) is 0 Å². The van der Waals surface area contributed by atoms with E-state index in [-0.39, 0.29) is 9.79 Å². The molecule has 0 saturated carbocycles. The van der Waals surface area contributed by atoms with Crippen LogP contribution in [-0.2, 0) is 25.0 Å². The van der Waals surface area contributed by atoms with Crippen LogP contribution in [0.25, 0.3) is 0 Å². The number of sulfonamides is 2. The molecule has 2 aromatic carbocycles. The first kappa shape index (κ1) is 15.6. The smallest absolute Gasteiger partial charge is 0.205 e. The van der Waals surface area contributed by atoms with E-state index in [2.05, 4.69) is 4.94 Å². The van der Waals surface area contributed by atoms with Gasteiger partial charge in [0, 0.05) is 0 Å². The van der Waals surface area contributed by atoms with Crippen LogP contribution in [0.3, 0.4) is 0 Å². The van der Waals surface area contributed by atoms with E-state index in [0.717, 1.165) is 0 Å². The van der Waals surface area contributed by atoms with E-state index >= 15 is 0 Å². The van der Waals surface area contributed by atoms with E-state index in [4.69, 9.17) is 0 Å². The summed E-state index contributed by atoms with van der Waals surface area (Å²) in [5.41, 5.74) is 0. The zero-order valence-electron chi connectivity index (χ0n) is 10.6. The average Bonchev–Trinajstić information content (AvgIpc) is 2.49. The maximum Gasteiger partial charge on any atom is 0.264 e.